The molecule has 0 amide bonds. The Morgan fingerprint density at radius 2 is 1.94 bits per heavy atom. The molecule has 0 bridgehead atoms. The summed E-state index contributed by atoms with van der Waals surface area (Å²) in [6, 6.07) is 3.45. The molecule has 6 heteroatoms. The number of alkyl halides is 2. The van der Waals surface area contributed by atoms with Crippen LogP contribution in [-0.4, -0.2) is 39.1 Å². The topological polar surface area (TPSA) is 21.7 Å². The number of hydrogen-bond acceptors (Lipinski definition) is 3. The van der Waals surface area contributed by atoms with Gasteiger partial charge < -0.3 is 9.47 Å². The molecule has 0 aliphatic heterocycles. The van der Waals surface area contributed by atoms with Gasteiger partial charge in [-0.2, -0.15) is 0 Å². The lowest BCUT2D eigenvalue weighted by Gasteiger charge is -2.18. The first-order valence-corrected chi connectivity index (χ1v) is 5.73. The molecule has 3 nitrogen and oxygen atoms in total. The van der Waals surface area contributed by atoms with Gasteiger partial charge in [0.15, 0.2) is 11.5 Å². The van der Waals surface area contributed by atoms with Crippen molar-refractivity contribution >= 4 is 11.6 Å². The van der Waals surface area contributed by atoms with E-state index in [1.165, 1.54) is 19.1 Å². The van der Waals surface area contributed by atoms with Gasteiger partial charge in [-0.15, -0.1) is 0 Å². The predicted octanol–water partition coefficient (Wildman–Crippen LogP) is 3.05. The van der Waals surface area contributed by atoms with Crippen molar-refractivity contribution in [2.24, 2.45) is 0 Å². The summed E-state index contributed by atoms with van der Waals surface area (Å²) in [5.74, 6) is 0.935. The molecule has 102 valence electrons. The second kappa shape index (κ2) is 6.75. The molecule has 0 N–H and O–H groups in total. The number of rotatable bonds is 6. The molecule has 0 heterocycles. The van der Waals surface area contributed by atoms with Gasteiger partial charge in [0.2, 0.25) is 0 Å². The lowest BCUT2D eigenvalue weighted by atomic mass is 10.2. The van der Waals surface area contributed by atoms with Crippen LogP contribution in [0.1, 0.15) is 5.56 Å². The normalized spacial score (nSPS) is 11.1. The summed E-state index contributed by atoms with van der Waals surface area (Å²) >= 11 is 6.15. The Kier molecular flexibility index (Phi) is 5.62. The number of methoxy groups -OCH3 is 2. The van der Waals surface area contributed by atoms with E-state index in [-0.39, 0.29) is 6.54 Å². The zero-order valence-corrected chi connectivity index (χ0v) is 11.3. The van der Waals surface area contributed by atoms with Crippen LogP contribution in [0.5, 0.6) is 11.5 Å². The zero-order chi connectivity index (χ0) is 13.7. The number of hydrogen-bond donors (Lipinski definition) is 0. The average Bonchev–Trinajstić information content (AvgIpc) is 2.30. The van der Waals surface area contributed by atoms with Crippen LogP contribution in [0.4, 0.5) is 8.78 Å². The molecule has 0 saturated heterocycles. The highest BCUT2D eigenvalue weighted by atomic mass is 35.5. The fourth-order valence-electron chi connectivity index (χ4n) is 1.64. The monoisotopic (exact) mass is 279 g/mol. The predicted molar refractivity (Wildman–Crippen MR) is 66.9 cm³/mol. The lowest BCUT2D eigenvalue weighted by Crippen LogP contribution is -2.24. The van der Waals surface area contributed by atoms with E-state index >= 15 is 0 Å². The molecule has 1 rings (SSSR count). The first-order valence-electron chi connectivity index (χ1n) is 5.35. The van der Waals surface area contributed by atoms with Gasteiger partial charge in [-0.3, -0.25) is 4.90 Å². The Bertz CT molecular complexity index is 402. The average molecular weight is 280 g/mol. The minimum atomic E-state index is -2.37. The van der Waals surface area contributed by atoms with Gasteiger partial charge in [0.25, 0.3) is 6.43 Å². The van der Waals surface area contributed by atoms with Crippen LogP contribution < -0.4 is 9.47 Å². The smallest absolute Gasteiger partial charge is 0.251 e. The standard InChI is InChI=1S/C12H16ClF2NO2/c1-16(7-10(14)15)6-8-4-5-9(17-2)12(18-3)11(8)13/h4-5,10H,6-7H2,1-3H3. The molecule has 0 spiro atoms. The highest BCUT2D eigenvalue weighted by Crippen LogP contribution is 2.37. The van der Waals surface area contributed by atoms with E-state index in [4.69, 9.17) is 21.1 Å². The van der Waals surface area contributed by atoms with Crippen molar-refractivity contribution in [3.8, 4) is 11.5 Å². The van der Waals surface area contributed by atoms with E-state index < -0.39 is 6.43 Å². The van der Waals surface area contributed by atoms with Crippen molar-refractivity contribution in [1.82, 2.24) is 4.90 Å². The third-order valence-corrected chi connectivity index (χ3v) is 2.87. The van der Waals surface area contributed by atoms with Crippen LogP contribution >= 0.6 is 11.6 Å². The summed E-state index contributed by atoms with van der Waals surface area (Å²) < 4.78 is 34.7. The Morgan fingerprint density at radius 1 is 1.28 bits per heavy atom. The van der Waals surface area contributed by atoms with Gasteiger partial charge in [-0.05, 0) is 18.7 Å². The Hall–Kier alpha value is -1.07. The molecule has 0 aliphatic carbocycles. The van der Waals surface area contributed by atoms with Gasteiger partial charge in [-0.1, -0.05) is 17.7 Å². The molecular formula is C12H16ClF2NO2. The molecule has 0 atom stereocenters. The van der Waals surface area contributed by atoms with Gasteiger partial charge in [-0.25, -0.2) is 8.78 Å². The van der Waals surface area contributed by atoms with E-state index in [0.717, 1.165) is 5.56 Å². The number of benzene rings is 1. The molecule has 0 fully saturated rings. The van der Waals surface area contributed by atoms with Gasteiger partial charge in [0, 0.05) is 6.54 Å². The molecule has 0 radical (unpaired) electrons. The van der Waals surface area contributed by atoms with Crippen LogP contribution in [-0.2, 0) is 6.54 Å². The number of nitrogens with zero attached hydrogens (tertiary/aromatic N) is 1. The van der Waals surface area contributed by atoms with E-state index in [0.29, 0.717) is 23.1 Å². The van der Waals surface area contributed by atoms with Crippen LogP contribution in [0.25, 0.3) is 0 Å². The quantitative estimate of drug-likeness (QED) is 0.799. The fourth-order valence-corrected chi connectivity index (χ4v) is 1.94. The summed E-state index contributed by atoms with van der Waals surface area (Å²) in [6.45, 7) is 0.0220. The molecule has 0 unspecified atom stereocenters. The summed E-state index contributed by atoms with van der Waals surface area (Å²) in [7, 11) is 4.60. The van der Waals surface area contributed by atoms with Crippen LogP contribution in [0.2, 0.25) is 5.02 Å². The minimum Gasteiger partial charge on any atom is -0.493 e. The van der Waals surface area contributed by atoms with Crippen molar-refractivity contribution in [2.45, 2.75) is 13.0 Å². The first-order chi connectivity index (χ1) is 8.49. The molecular weight excluding hydrogens is 264 g/mol. The first kappa shape index (κ1) is 15.0. The van der Waals surface area contributed by atoms with E-state index in [1.54, 1.807) is 19.2 Å². The molecule has 0 aliphatic rings. The zero-order valence-electron chi connectivity index (χ0n) is 10.5. The molecule has 0 saturated carbocycles. The van der Waals surface area contributed by atoms with E-state index in [1.807, 2.05) is 0 Å². The molecule has 1 aromatic carbocycles. The van der Waals surface area contributed by atoms with Crippen molar-refractivity contribution in [1.29, 1.82) is 0 Å². The van der Waals surface area contributed by atoms with E-state index in [9.17, 15) is 8.78 Å². The highest BCUT2D eigenvalue weighted by Gasteiger charge is 2.15. The van der Waals surface area contributed by atoms with Gasteiger partial charge in [0.05, 0.1) is 25.8 Å². The molecule has 0 aromatic heterocycles. The number of ether oxygens (including phenoxy) is 2. The highest BCUT2D eigenvalue weighted by molar-refractivity contribution is 6.33. The van der Waals surface area contributed by atoms with Crippen molar-refractivity contribution < 1.29 is 18.3 Å². The van der Waals surface area contributed by atoms with Gasteiger partial charge in [0.1, 0.15) is 0 Å². The maximum Gasteiger partial charge on any atom is 0.251 e. The maximum atomic E-state index is 12.2. The maximum absolute atomic E-state index is 12.2. The van der Waals surface area contributed by atoms with Crippen LogP contribution in [0.15, 0.2) is 12.1 Å². The van der Waals surface area contributed by atoms with Crippen molar-refractivity contribution in [3.63, 3.8) is 0 Å². The van der Waals surface area contributed by atoms with Gasteiger partial charge >= 0.3 is 0 Å². The van der Waals surface area contributed by atoms with Crippen LogP contribution in [0, 0.1) is 0 Å². The third kappa shape index (κ3) is 3.71. The Labute approximate surface area is 110 Å². The Morgan fingerprint density at radius 3 is 2.44 bits per heavy atom. The minimum absolute atomic E-state index is 0.301. The largest absolute Gasteiger partial charge is 0.493 e. The fraction of sp³-hybridized carbons (Fsp3) is 0.500. The lowest BCUT2D eigenvalue weighted by molar-refractivity contribution is 0.0975. The van der Waals surface area contributed by atoms with Crippen molar-refractivity contribution in [2.75, 3.05) is 27.8 Å². The third-order valence-electron chi connectivity index (χ3n) is 2.45. The summed E-state index contributed by atoms with van der Waals surface area (Å²) in [5, 5.41) is 0.387. The van der Waals surface area contributed by atoms with Crippen LogP contribution in [0.3, 0.4) is 0 Å². The molecule has 1 aromatic rings. The van der Waals surface area contributed by atoms with Crippen molar-refractivity contribution in [3.05, 3.63) is 22.7 Å². The summed E-state index contributed by atoms with van der Waals surface area (Å²) in [4.78, 5) is 1.50. The number of halogens is 3. The second-order valence-electron chi connectivity index (χ2n) is 3.86. The SMILES string of the molecule is COc1ccc(CN(C)CC(F)F)c(Cl)c1OC. The Balaban J connectivity index is 2.90. The summed E-state index contributed by atoms with van der Waals surface area (Å²) in [6.07, 6.45) is -2.37. The van der Waals surface area contributed by atoms with E-state index in [2.05, 4.69) is 0 Å². The second-order valence-corrected chi connectivity index (χ2v) is 4.24. The summed E-state index contributed by atoms with van der Waals surface area (Å²) in [5.41, 5.74) is 0.720. The molecule has 18 heavy (non-hydrogen) atoms.